The van der Waals surface area contributed by atoms with Gasteiger partial charge in [0.1, 0.15) is 5.78 Å². The topological polar surface area (TPSA) is 72.2 Å². The summed E-state index contributed by atoms with van der Waals surface area (Å²) < 4.78 is 0. The van der Waals surface area contributed by atoms with Gasteiger partial charge in [-0.25, -0.2) is 0 Å². The Balaban J connectivity index is 1.62. The standard InChI is InChI=1S/C20H22Cl2N2O2/c21-16-10-15(11-17(22)13-16)20(26)24-9-5-1-2-7-18(25)12-14-6-3-4-8-19(14)23/h3-4,6,8,10-11,13H,1-2,5,7,9,12,23H2,(H,24,26). The lowest BCUT2D eigenvalue weighted by Crippen LogP contribution is -2.24. The molecule has 2 aromatic rings. The van der Waals surface area contributed by atoms with E-state index in [1.807, 2.05) is 18.2 Å². The lowest BCUT2D eigenvalue weighted by atomic mass is 10.0. The van der Waals surface area contributed by atoms with Crippen molar-refractivity contribution in [2.24, 2.45) is 0 Å². The van der Waals surface area contributed by atoms with Crippen molar-refractivity contribution < 1.29 is 9.59 Å². The van der Waals surface area contributed by atoms with Gasteiger partial charge in [0.05, 0.1) is 0 Å². The van der Waals surface area contributed by atoms with Crippen LogP contribution in [0.1, 0.15) is 41.6 Å². The van der Waals surface area contributed by atoms with E-state index in [1.54, 1.807) is 24.3 Å². The van der Waals surface area contributed by atoms with Crippen LogP contribution in [-0.4, -0.2) is 18.2 Å². The highest BCUT2D eigenvalue weighted by Crippen LogP contribution is 2.19. The summed E-state index contributed by atoms with van der Waals surface area (Å²) in [6, 6.07) is 12.2. The van der Waals surface area contributed by atoms with Gasteiger partial charge in [0.25, 0.3) is 5.91 Å². The van der Waals surface area contributed by atoms with Crippen LogP contribution >= 0.6 is 23.2 Å². The minimum absolute atomic E-state index is 0.181. The van der Waals surface area contributed by atoms with Gasteiger partial charge in [-0.1, -0.05) is 47.8 Å². The number of para-hydroxylation sites is 1. The molecule has 0 unspecified atom stereocenters. The average Bonchev–Trinajstić information content (AvgIpc) is 2.59. The monoisotopic (exact) mass is 392 g/mol. The van der Waals surface area contributed by atoms with Crippen LogP contribution in [0.3, 0.4) is 0 Å². The molecular formula is C20H22Cl2N2O2. The highest BCUT2D eigenvalue weighted by atomic mass is 35.5. The molecule has 0 radical (unpaired) electrons. The van der Waals surface area contributed by atoms with Gasteiger partial charge < -0.3 is 11.1 Å². The Morgan fingerprint density at radius 2 is 1.65 bits per heavy atom. The zero-order valence-corrected chi connectivity index (χ0v) is 15.9. The van der Waals surface area contributed by atoms with E-state index in [9.17, 15) is 9.59 Å². The number of amides is 1. The van der Waals surface area contributed by atoms with Gasteiger partial charge in [-0.15, -0.1) is 0 Å². The zero-order chi connectivity index (χ0) is 18.9. The molecule has 138 valence electrons. The van der Waals surface area contributed by atoms with Crippen LogP contribution in [0.25, 0.3) is 0 Å². The van der Waals surface area contributed by atoms with Crippen molar-refractivity contribution in [3.05, 3.63) is 63.6 Å². The van der Waals surface area contributed by atoms with E-state index in [1.165, 1.54) is 0 Å². The molecule has 0 aliphatic rings. The molecule has 0 heterocycles. The zero-order valence-electron chi connectivity index (χ0n) is 14.4. The highest BCUT2D eigenvalue weighted by Gasteiger charge is 2.08. The maximum absolute atomic E-state index is 12.0. The predicted molar refractivity (Wildman–Crippen MR) is 107 cm³/mol. The minimum Gasteiger partial charge on any atom is -0.398 e. The third-order valence-electron chi connectivity index (χ3n) is 3.99. The number of hydrogen-bond acceptors (Lipinski definition) is 3. The van der Waals surface area contributed by atoms with E-state index in [0.717, 1.165) is 24.8 Å². The van der Waals surface area contributed by atoms with Crippen LogP contribution in [0, 0.1) is 0 Å². The van der Waals surface area contributed by atoms with Crippen LogP contribution in [0.5, 0.6) is 0 Å². The fourth-order valence-electron chi connectivity index (χ4n) is 2.61. The van der Waals surface area contributed by atoms with Gasteiger partial charge in [-0.2, -0.15) is 0 Å². The quantitative estimate of drug-likeness (QED) is 0.480. The lowest BCUT2D eigenvalue weighted by molar-refractivity contribution is -0.118. The normalized spacial score (nSPS) is 10.5. The molecule has 0 atom stereocenters. The SMILES string of the molecule is Nc1ccccc1CC(=O)CCCCCNC(=O)c1cc(Cl)cc(Cl)c1. The Morgan fingerprint density at radius 1 is 0.962 bits per heavy atom. The number of rotatable bonds is 9. The number of unbranched alkanes of at least 4 members (excludes halogenated alkanes) is 2. The molecule has 0 saturated heterocycles. The van der Waals surface area contributed by atoms with Crippen LogP contribution in [-0.2, 0) is 11.2 Å². The summed E-state index contributed by atoms with van der Waals surface area (Å²) in [6.07, 6.45) is 3.36. The predicted octanol–water partition coefficient (Wildman–Crippen LogP) is 4.68. The molecule has 0 saturated carbocycles. The maximum Gasteiger partial charge on any atom is 0.251 e. The molecule has 0 aromatic heterocycles. The molecular weight excluding hydrogens is 371 g/mol. The van der Waals surface area contributed by atoms with Crippen molar-refractivity contribution in [3.63, 3.8) is 0 Å². The van der Waals surface area contributed by atoms with Gasteiger partial charge in [0.15, 0.2) is 0 Å². The minimum atomic E-state index is -0.204. The lowest BCUT2D eigenvalue weighted by Gasteiger charge is -2.07. The molecule has 2 rings (SSSR count). The molecule has 2 aromatic carbocycles. The van der Waals surface area contributed by atoms with Gasteiger partial charge >= 0.3 is 0 Å². The van der Waals surface area contributed by atoms with Gasteiger partial charge in [-0.3, -0.25) is 9.59 Å². The number of benzene rings is 2. The molecule has 0 aliphatic carbocycles. The van der Waals surface area contributed by atoms with E-state index < -0.39 is 0 Å². The maximum atomic E-state index is 12.0. The Bertz CT molecular complexity index is 758. The second kappa shape index (κ2) is 10.2. The van der Waals surface area contributed by atoms with Crippen LogP contribution in [0.4, 0.5) is 5.69 Å². The Hall–Kier alpha value is -2.04. The summed E-state index contributed by atoms with van der Waals surface area (Å²) in [5.74, 6) is -0.0227. The van der Waals surface area contributed by atoms with Crippen LogP contribution in [0.15, 0.2) is 42.5 Å². The van der Waals surface area contributed by atoms with Crippen LogP contribution < -0.4 is 11.1 Å². The summed E-state index contributed by atoms with van der Waals surface area (Å²) in [4.78, 5) is 24.0. The Labute approximate surface area is 163 Å². The van der Waals surface area contributed by atoms with Crippen molar-refractivity contribution in [1.82, 2.24) is 5.32 Å². The first kappa shape index (κ1) is 20.3. The molecule has 26 heavy (non-hydrogen) atoms. The second-order valence-corrected chi connectivity index (χ2v) is 7.01. The third kappa shape index (κ3) is 6.70. The Morgan fingerprint density at radius 3 is 2.35 bits per heavy atom. The summed E-state index contributed by atoms with van der Waals surface area (Å²) in [7, 11) is 0. The van der Waals surface area contributed by atoms with E-state index in [4.69, 9.17) is 28.9 Å². The first-order valence-electron chi connectivity index (χ1n) is 8.55. The fraction of sp³-hybridized carbons (Fsp3) is 0.300. The van der Waals surface area contributed by atoms with Crippen molar-refractivity contribution in [2.45, 2.75) is 32.1 Å². The number of nitrogen functional groups attached to an aromatic ring is 1. The summed E-state index contributed by atoms with van der Waals surface area (Å²) in [6.45, 7) is 0.544. The smallest absolute Gasteiger partial charge is 0.251 e. The number of halogens is 2. The van der Waals surface area contributed by atoms with Crippen molar-refractivity contribution in [2.75, 3.05) is 12.3 Å². The number of Topliss-reactive ketones (excluding diaryl/α,β-unsaturated/α-hetero) is 1. The first-order chi connectivity index (χ1) is 12.5. The van der Waals surface area contributed by atoms with Gasteiger partial charge in [0, 0.05) is 40.7 Å². The number of ketones is 1. The molecule has 0 aliphatic heterocycles. The van der Waals surface area contributed by atoms with E-state index in [0.29, 0.717) is 40.7 Å². The van der Waals surface area contributed by atoms with Gasteiger partial charge in [0.2, 0.25) is 0 Å². The average molecular weight is 393 g/mol. The summed E-state index contributed by atoms with van der Waals surface area (Å²) in [5.41, 5.74) is 7.83. The van der Waals surface area contributed by atoms with E-state index >= 15 is 0 Å². The largest absolute Gasteiger partial charge is 0.398 e. The molecule has 3 N–H and O–H groups in total. The highest BCUT2D eigenvalue weighted by molar-refractivity contribution is 6.35. The second-order valence-electron chi connectivity index (χ2n) is 6.14. The number of nitrogens with one attached hydrogen (secondary N) is 1. The van der Waals surface area contributed by atoms with Crippen molar-refractivity contribution in [3.8, 4) is 0 Å². The van der Waals surface area contributed by atoms with E-state index in [-0.39, 0.29) is 11.7 Å². The van der Waals surface area contributed by atoms with Crippen LogP contribution in [0.2, 0.25) is 10.0 Å². The van der Waals surface area contributed by atoms with Crippen molar-refractivity contribution in [1.29, 1.82) is 0 Å². The number of carbonyl (C=O) groups excluding carboxylic acids is 2. The molecule has 0 fully saturated rings. The molecule has 0 spiro atoms. The number of anilines is 1. The summed E-state index contributed by atoms with van der Waals surface area (Å²) in [5, 5.41) is 3.69. The number of carbonyl (C=O) groups is 2. The number of hydrogen-bond donors (Lipinski definition) is 2. The third-order valence-corrected chi connectivity index (χ3v) is 4.42. The fourth-order valence-corrected chi connectivity index (χ4v) is 3.13. The van der Waals surface area contributed by atoms with E-state index in [2.05, 4.69) is 5.32 Å². The molecule has 4 nitrogen and oxygen atoms in total. The Kier molecular flexibility index (Phi) is 7.95. The summed E-state index contributed by atoms with van der Waals surface area (Å²) >= 11 is 11.8. The van der Waals surface area contributed by atoms with Crippen molar-refractivity contribution >= 4 is 40.6 Å². The first-order valence-corrected chi connectivity index (χ1v) is 9.30. The van der Waals surface area contributed by atoms with Gasteiger partial charge in [-0.05, 0) is 42.7 Å². The molecule has 0 bridgehead atoms. The molecule has 1 amide bonds. The molecule has 6 heteroatoms. The number of nitrogens with two attached hydrogens (primary N) is 1.